The molecule has 8 heteroatoms. The molecular weight excluding hydrogens is 426 g/mol. The second kappa shape index (κ2) is 9.32. The summed E-state index contributed by atoms with van der Waals surface area (Å²) >= 11 is 0. The van der Waals surface area contributed by atoms with Gasteiger partial charge in [-0.15, -0.1) is 0 Å². The quantitative estimate of drug-likeness (QED) is 0.521. The van der Waals surface area contributed by atoms with Gasteiger partial charge in [0.05, 0.1) is 22.5 Å². The predicted molar refractivity (Wildman–Crippen MR) is 124 cm³/mol. The molecule has 1 atom stereocenters. The molecule has 1 aromatic heterocycles. The second-order valence-electron chi connectivity index (χ2n) is 8.70. The zero-order valence-electron chi connectivity index (χ0n) is 18.5. The highest BCUT2D eigenvalue weighted by atomic mass is 32.2. The van der Waals surface area contributed by atoms with Crippen LogP contribution in [0.4, 0.5) is 0 Å². The Morgan fingerprint density at radius 2 is 1.88 bits per heavy atom. The first-order valence-corrected chi connectivity index (χ1v) is 12.8. The molecule has 4 rings (SSSR count). The fraction of sp³-hybridized carbons (Fsp3) is 0.417. The lowest BCUT2D eigenvalue weighted by Gasteiger charge is -2.30. The summed E-state index contributed by atoms with van der Waals surface area (Å²) < 4.78 is 31.9. The summed E-state index contributed by atoms with van der Waals surface area (Å²) in [6, 6.07) is 16.9. The van der Waals surface area contributed by atoms with E-state index in [-0.39, 0.29) is 42.5 Å². The average Bonchev–Trinajstić information content (AvgIpc) is 3.30. The van der Waals surface area contributed by atoms with Crippen molar-refractivity contribution in [3.8, 4) is 5.75 Å². The van der Waals surface area contributed by atoms with E-state index in [0.29, 0.717) is 18.8 Å². The molecule has 7 nitrogen and oxygen atoms in total. The largest absolute Gasteiger partial charge is 0.486 e. The van der Waals surface area contributed by atoms with E-state index in [1.807, 2.05) is 73.0 Å². The lowest BCUT2D eigenvalue weighted by molar-refractivity contribution is -0.134. The molecule has 1 fully saturated rings. The van der Waals surface area contributed by atoms with Crippen molar-refractivity contribution < 1.29 is 17.9 Å². The number of carbonyl (C=O) groups excluding carboxylic acids is 1. The smallest absolute Gasteiger partial charge is 0.242 e. The molecule has 32 heavy (non-hydrogen) atoms. The Morgan fingerprint density at radius 1 is 1.16 bits per heavy atom. The van der Waals surface area contributed by atoms with E-state index in [2.05, 4.69) is 0 Å². The summed E-state index contributed by atoms with van der Waals surface area (Å²) in [5.41, 5.74) is 1.65. The van der Waals surface area contributed by atoms with Crippen LogP contribution >= 0.6 is 0 Å². The Kier molecular flexibility index (Phi) is 6.50. The van der Waals surface area contributed by atoms with Crippen LogP contribution in [-0.4, -0.2) is 52.9 Å². The van der Waals surface area contributed by atoms with Gasteiger partial charge in [-0.05, 0) is 36.6 Å². The molecule has 0 radical (unpaired) electrons. The van der Waals surface area contributed by atoms with Gasteiger partial charge in [-0.2, -0.15) is 0 Å². The molecule has 1 amide bonds. The van der Waals surface area contributed by atoms with Gasteiger partial charge in [-0.3, -0.25) is 4.79 Å². The lowest BCUT2D eigenvalue weighted by atomic mass is 10.1. The number of para-hydroxylation sites is 3. The number of fused-ring (bicyclic) bond motifs is 1. The Labute approximate surface area is 188 Å². The Balaban J connectivity index is 1.60. The van der Waals surface area contributed by atoms with Crippen LogP contribution in [-0.2, 0) is 27.8 Å². The maximum Gasteiger partial charge on any atom is 0.242 e. The maximum absolute atomic E-state index is 13.5. The minimum Gasteiger partial charge on any atom is -0.486 e. The molecule has 0 spiro atoms. The maximum atomic E-state index is 13.5. The highest BCUT2D eigenvalue weighted by molar-refractivity contribution is 7.91. The van der Waals surface area contributed by atoms with Crippen LogP contribution in [0.25, 0.3) is 11.0 Å². The SMILES string of the molecule is CC(C)CN(C(=O)Cn1c(COc2ccccc2)nc2ccccc21)C1CCS(=O)(=O)C1. The van der Waals surface area contributed by atoms with Crippen molar-refractivity contribution in [1.82, 2.24) is 14.5 Å². The number of benzene rings is 2. The number of nitrogens with zero attached hydrogens (tertiary/aromatic N) is 3. The van der Waals surface area contributed by atoms with Crippen LogP contribution < -0.4 is 4.74 Å². The van der Waals surface area contributed by atoms with Gasteiger partial charge < -0.3 is 14.2 Å². The van der Waals surface area contributed by atoms with E-state index < -0.39 is 9.84 Å². The van der Waals surface area contributed by atoms with Crippen LogP contribution in [0.5, 0.6) is 5.75 Å². The highest BCUT2D eigenvalue weighted by Crippen LogP contribution is 2.22. The number of aromatic nitrogens is 2. The molecular formula is C24H29N3O4S. The van der Waals surface area contributed by atoms with Gasteiger partial charge in [-0.25, -0.2) is 13.4 Å². The normalized spacial score (nSPS) is 17.7. The first-order valence-electron chi connectivity index (χ1n) is 10.9. The molecule has 2 heterocycles. The lowest BCUT2D eigenvalue weighted by Crippen LogP contribution is -2.44. The van der Waals surface area contributed by atoms with Crippen LogP contribution in [0.2, 0.25) is 0 Å². The van der Waals surface area contributed by atoms with Gasteiger partial charge in [0.2, 0.25) is 5.91 Å². The van der Waals surface area contributed by atoms with Gasteiger partial charge in [-0.1, -0.05) is 44.2 Å². The standard InChI is InChI=1S/C24H29N3O4S/c1-18(2)14-26(19-12-13-32(29,30)17-19)24(28)15-27-22-11-7-6-10-21(22)25-23(27)16-31-20-8-4-3-5-9-20/h3-11,18-19H,12-17H2,1-2H3. The number of rotatable bonds is 8. The average molecular weight is 456 g/mol. The summed E-state index contributed by atoms with van der Waals surface area (Å²) in [7, 11) is -3.09. The van der Waals surface area contributed by atoms with Crippen molar-refractivity contribution in [2.24, 2.45) is 5.92 Å². The summed E-state index contributed by atoms with van der Waals surface area (Å²) in [6.45, 7) is 4.93. The number of imidazole rings is 1. The van der Waals surface area contributed by atoms with Gasteiger partial charge >= 0.3 is 0 Å². The van der Waals surface area contributed by atoms with Crippen LogP contribution in [0.1, 0.15) is 26.1 Å². The molecule has 2 aromatic carbocycles. The molecule has 0 saturated carbocycles. The molecule has 0 N–H and O–H groups in total. The molecule has 1 unspecified atom stereocenters. The van der Waals surface area contributed by atoms with Crippen molar-refractivity contribution in [3.63, 3.8) is 0 Å². The second-order valence-corrected chi connectivity index (χ2v) is 10.9. The van der Waals surface area contributed by atoms with E-state index in [9.17, 15) is 13.2 Å². The van der Waals surface area contributed by atoms with Crippen LogP contribution in [0, 0.1) is 5.92 Å². The van der Waals surface area contributed by atoms with E-state index in [0.717, 1.165) is 16.8 Å². The first-order chi connectivity index (χ1) is 15.3. The fourth-order valence-electron chi connectivity index (χ4n) is 4.17. The zero-order chi connectivity index (χ0) is 22.7. The summed E-state index contributed by atoms with van der Waals surface area (Å²) in [4.78, 5) is 19.9. The number of amides is 1. The van der Waals surface area contributed by atoms with Crippen molar-refractivity contribution >= 4 is 26.8 Å². The molecule has 1 aliphatic rings. The first kappa shape index (κ1) is 22.3. The fourth-order valence-corrected chi connectivity index (χ4v) is 5.90. The van der Waals surface area contributed by atoms with Gasteiger partial charge in [0.25, 0.3) is 0 Å². The number of sulfone groups is 1. The zero-order valence-corrected chi connectivity index (χ0v) is 19.3. The number of carbonyl (C=O) groups is 1. The molecule has 1 aliphatic heterocycles. The van der Waals surface area contributed by atoms with E-state index in [1.54, 1.807) is 4.90 Å². The Morgan fingerprint density at radius 3 is 2.56 bits per heavy atom. The van der Waals surface area contributed by atoms with E-state index in [4.69, 9.17) is 9.72 Å². The predicted octanol–water partition coefficient (Wildman–Crippen LogP) is 3.29. The highest BCUT2D eigenvalue weighted by Gasteiger charge is 2.35. The van der Waals surface area contributed by atoms with Crippen LogP contribution in [0.15, 0.2) is 54.6 Å². The molecule has 3 aromatic rings. The Bertz CT molecular complexity index is 1190. The minimum atomic E-state index is -3.09. The van der Waals surface area contributed by atoms with E-state index in [1.165, 1.54) is 0 Å². The third-order valence-electron chi connectivity index (χ3n) is 5.67. The summed E-state index contributed by atoms with van der Waals surface area (Å²) in [6.07, 6.45) is 0.495. The van der Waals surface area contributed by atoms with Gasteiger partial charge in [0.1, 0.15) is 24.7 Å². The molecule has 0 aliphatic carbocycles. The summed E-state index contributed by atoms with van der Waals surface area (Å²) in [5.74, 6) is 1.72. The molecule has 1 saturated heterocycles. The monoisotopic (exact) mass is 455 g/mol. The van der Waals surface area contributed by atoms with Gasteiger partial charge in [0.15, 0.2) is 9.84 Å². The number of hydrogen-bond donors (Lipinski definition) is 0. The minimum absolute atomic E-state index is 0.0418. The third kappa shape index (κ3) is 5.12. The van der Waals surface area contributed by atoms with Crippen molar-refractivity contribution in [3.05, 3.63) is 60.4 Å². The third-order valence-corrected chi connectivity index (χ3v) is 7.42. The number of ether oxygens (including phenoxy) is 1. The Hall–Kier alpha value is -2.87. The number of hydrogen-bond acceptors (Lipinski definition) is 5. The van der Waals surface area contributed by atoms with Gasteiger partial charge in [0, 0.05) is 12.6 Å². The molecule has 0 bridgehead atoms. The van der Waals surface area contributed by atoms with Crippen molar-refractivity contribution in [1.29, 1.82) is 0 Å². The van der Waals surface area contributed by atoms with Crippen LogP contribution in [0.3, 0.4) is 0 Å². The van der Waals surface area contributed by atoms with Crippen molar-refractivity contribution in [2.45, 2.75) is 39.5 Å². The summed E-state index contributed by atoms with van der Waals surface area (Å²) in [5, 5.41) is 0. The van der Waals surface area contributed by atoms with Crippen molar-refractivity contribution in [2.75, 3.05) is 18.1 Å². The van der Waals surface area contributed by atoms with E-state index >= 15 is 0 Å². The topological polar surface area (TPSA) is 81.5 Å². The molecule has 170 valence electrons.